The average molecular weight is 336 g/mol. The number of rotatable bonds is 7. The number of amides is 1. The number of aromatic nitrogens is 1. The van der Waals surface area contributed by atoms with Gasteiger partial charge >= 0.3 is 0 Å². The fourth-order valence-electron chi connectivity index (χ4n) is 2.49. The molecule has 0 aliphatic carbocycles. The fraction of sp³-hybridized carbons (Fsp3) is 0.200. The molecule has 3 aromatic rings. The quantitative estimate of drug-likeness (QED) is 0.716. The highest BCUT2D eigenvalue weighted by Crippen LogP contribution is 2.17. The molecule has 0 fully saturated rings. The topological polar surface area (TPSA) is 42.0 Å². The Morgan fingerprint density at radius 1 is 0.958 bits per heavy atom. The number of thiazole rings is 1. The van der Waals surface area contributed by atoms with Gasteiger partial charge in [-0.2, -0.15) is 0 Å². The predicted octanol–water partition coefficient (Wildman–Crippen LogP) is 3.64. The maximum Gasteiger partial charge on any atom is 0.224 e. The number of benzene rings is 2. The zero-order chi connectivity index (χ0) is 16.6. The second-order valence-electron chi connectivity index (χ2n) is 5.65. The molecule has 0 spiro atoms. The molecule has 1 N–H and O–H groups in total. The molecule has 0 aliphatic heterocycles. The molecule has 3 rings (SSSR count). The van der Waals surface area contributed by atoms with Gasteiger partial charge in [0.1, 0.15) is 0 Å². The highest BCUT2D eigenvalue weighted by Gasteiger charge is 2.05. The molecule has 0 unspecified atom stereocenters. The van der Waals surface area contributed by atoms with Gasteiger partial charge in [0.15, 0.2) is 0 Å². The summed E-state index contributed by atoms with van der Waals surface area (Å²) in [5.74, 6) is 0.0577. The molecule has 0 atom stereocenters. The molecule has 1 aromatic heterocycles. The number of hydrogen-bond donors (Lipinski definition) is 1. The van der Waals surface area contributed by atoms with E-state index in [1.807, 2.05) is 42.6 Å². The van der Waals surface area contributed by atoms with E-state index in [4.69, 9.17) is 0 Å². The largest absolute Gasteiger partial charge is 0.355 e. The molecular formula is C20H20N2OS. The van der Waals surface area contributed by atoms with E-state index in [-0.39, 0.29) is 5.91 Å². The van der Waals surface area contributed by atoms with E-state index >= 15 is 0 Å². The van der Waals surface area contributed by atoms with Crippen LogP contribution in [-0.2, 0) is 24.1 Å². The van der Waals surface area contributed by atoms with Gasteiger partial charge in [-0.1, -0.05) is 60.7 Å². The molecule has 0 bridgehead atoms. The molecule has 1 heterocycles. The summed E-state index contributed by atoms with van der Waals surface area (Å²) in [5.41, 5.74) is 2.33. The van der Waals surface area contributed by atoms with Crippen molar-refractivity contribution in [3.8, 4) is 0 Å². The summed E-state index contributed by atoms with van der Waals surface area (Å²) >= 11 is 1.72. The van der Waals surface area contributed by atoms with Gasteiger partial charge in [-0.25, -0.2) is 4.98 Å². The fourth-order valence-corrected chi connectivity index (χ4v) is 3.45. The Morgan fingerprint density at radius 2 is 1.62 bits per heavy atom. The Morgan fingerprint density at radius 3 is 2.33 bits per heavy atom. The number of nitrogens with one attached hydrogen (secondary N) is 1. The average Bonchev–Trinajstić information content (AvgIpc) is 3.04. The van der Waals surface area contributed by atoms with Crippen molar-refractivity contribution in [2.75, 3.05) is 6.54 Å². The maximum atomic E-state index is 11.9. The van der Waals surface area contributed by atoms with Crippen molar-refractivity contribution >= 4 is 17.2 Å². The first kappa shape index (κ1) is 16.4. The van der Waals surface area contributed by atoms with Gasteiger partial charge in [-0.3, -0.25) is 4.79 Å². The maximum absolute atomic E-state index is 11.9. The van der Waals surface area contributed by atoms with E-state index in [1.54, 1.807) is 11.3 Å². The van der Waals surface area contributed by atoms with Gasteiger partial charge in [0, 0.05) is 30.5 Å². The molecule has 0 aliphatic rings. The minimum atomic E-state index is 0.0577. The van der Waals surface area contributed by atoms with Crippen molar-refractivity contribution in [3.63, 3.8) is 0 Å². The molecule has 0 saturated carbocycles. The van der Waals surface area contributed by atoms with Crippen molar-refractivity contribution in [2.45, 2.75) is 19.3 Å². The third-order valence-electron chi connectivity index (χ3n) is 3.69. The number of hydrogen-bond acceptors (Lipinski definition) is 3. The number of nitrogens with zero attached hydrogens (tertiary/aromatic N) is 1. The van der Waals surface area contributed by atoms with Crippen molar-refractivity contribution in [3.05, 3.63) is 87.9 Å². The van der Waals surface area contributed by atoms with Gasteiger partial charge in [0.25, 0.3) is 0 Å². The van der Waals surface area contributed by atoms with E-state index in [0.29, 0.717) is 13.0 Å². The molecule has 24 heavy (non-hydrogen) atoms. The molecule has 0 radical (unpaired) electrons. The first-order valence-corrected chi connectivity index (χ1v) is 8.89. The highest BCUT2D eigenvalue weighted by molar-refractivity contribution is 7.11. The first-order valence-electron chi connectivity index (χ1n) is 8.08. The van der Waals surface area contributed by atoms with Crippen molar-refractivity contribution < 1.29 is 4.79 Å². The summed E-state index contributed by atoms with van der Waals surface area (Å²) in [7, 11) is 0. The lowest BCUT2D eigenvalue weighted by molar-refractivity contribution is -0.120. The molecule has 1 amide bonds. The SMILES string of the molecule is O=C(Cc1ccccc1)NCCc1ncc(Cc2ccccc2)s1. The smallest absolute Gasteiger partial charge is 0.224 e. The Bertz CT molecular complexity index is 769. The van der Waals surface area contributed by atoms with Crippen LogP contribution in [0.4, 0.5) is 0 Å². The minimum absolute atomic E-state index is 0.0577. The van der Waals surface area contributed by atoms with Crippen LogP contribution in [0.25, 0.3) is 0 Å². The summed E-state index contributed by atoms with van der Waals surface area (Å²) in [6.07, 6.45) is 4.07. The predicted molar refractivity (Wildman–Crippen MR) is 98.2 cm³/mol. The van der Waals surface area contributed by atoms with Gasteiger partial charge in [0.2, 0.25) is 5.91 Å². The number of carbonyl (C=O) groups is 1. The van der Waals surface area contributed by atoms with Crippen LogP contribution in [0, 0.1) is 0 Å². The molecule has 2 aromatic carbocycles. The van der Waals surface area contributed by atoms with E-state index in [1.165, 1.54) is 10.4 Å². The summed E-state index contributed by atoms with van der Waals surface area (Å²) < 4.78 is 0. The van der Waals surface area contributed by atoms with Crippen LogP contribution >= 0.6 is 11.3 Å². The summed E-state index contributed by atoms with van der Waals surface area (Å²) in [6, 6.07) is 20.2. The van der Waals surface area contributed by atoms with Crippen LogP contribution in [0.15, 0.2) is 66.9 Å². The lowest BCUT2D eigenvalue weighted by Gasteiger charge is -2.04. The third kappa shape index (κ3) is 5.03. The van der Waals surface area contributed by atoms with Gasteiger partial charge in [-0.05, 0) is 11.1 Å². The lowest BCUT2D eigenvalue weighted by Crippen LogP contribution is -2.27. The van der Waals surface area contributed by atoms with Crippen LogP contribution in [0.3, 0.4) is 0 Å². The lowest BCUT2D eigenvalue weighted by atomic mass is 10.1. The summed E-state index contributed by atoms with van der Waals surface area (Å²) in [6.45, 7) is 0.629. The monoisotopic (exact) mass is 336 g/mol. The first-order chi connectivity index (χ1) is 11.8. The van der Waals surface area contributed by atoms with E-state index in [2.05, 4.69) is 34.6 Å². The van der Waals surface area contributed by atoms with Crippen LogP contribution in [0.1, 0.15) is 21.0 Å². The van der Waals surface area contributed by atoms with Gasteiger partial charge in [0.05, 0.1) is 11.4 Å². The van der Waals surface area contributed by atoms with Crippen LogP contribution < -0.4 is 5.32 Å². The van der Waals surface area contributed by atoms with Gasteiger partial charge < -0.3 is 5.32 Å². The molecule has 3 nitrogen and oxygen atoms in total. The summed E-state index contributed by atoms with van der Waals surface area (Å²) in [5, 5.41) is 4.04. The standard InChI is InChI=1S/C20H20N2OS/c23-19(14-17-9-5-2-6-10-17)21-12-11-20-22-15-18(24-20)13-16-7-3-1-4-8-16/h1-10,15H,11-14H2,(H,21,23). The van der Waals surface area contributed by atoms with Crippen molar-refractivity contribution in [1.82, 2.24) is 10.3 Å². The van der Waals surface area contributed by atoms with E-state index < -0.39 is 0 Å². The Labute approximate surface area is 146 Å². The van der Waals surface area contributed by atoms with Crippen LogP contribution in [-0.4, -0.2) is 17.4 Å². The van der Waals surface area contributed by atoms with Crippen LogP contribution in [0.2, 0.25) is 0 Å². The zero-order valence-electron chi connectivity index (χ0n) is 13.4. The Hall–Kier alpha value is -2.46. The second-order valence-corrected chi connectivity index (χ2v) is 6.84. The van der Waals surface area contributed by atoms with Crippen molar-refractivity contribution in [1.29, 1.82) is 0 Å². The second kappa shape index (κ2) is 8.41. The van der Waals surface area contributed by atoms with Crippen LogP contribution in [0.5, 0.6) is 0 Å². The highest BCUT2D eigenvalue weighted by atomic mass is 32.1. The van der Waals surface area contributed by atoms with Crippen molar-refractivity contribution in [2.24, 2.45) is 0 Å². The molecule has 0 saturated heterocycles. The molecule has 4 heteroatoms. The summed E-state index contributed by atoms with van der Waals surface area (Å²) in [4.78, 5) is 17.6. The van der Waals surface area contributed by atoms with E-state index in [9.17, 15) is 4.79 Å². The van der Waals surface area contributed by atoms with E-state index in [0.717, 1.165) is 23.4 Å². The number of carbonyl (C=O) groups excluding carboxylic acids is 1. The normalized spacial score (nSPS) is 10.5. The van der Waals surface area contributed by atoms with Gasteiger partial charge in [-0.15, -0.1) is 11.3 Å². The Balaban J connectivity index is 1.43. The third-order valence-corrected chi connectivity index (χ3v) is 4.75. The molecule has 122 valence electrons. The zero-order valence-corrected chi connectivity index (χ0v) is 14.3. The Kier molecular flexibility index (Phi) is 5.75. The molecular weight excluding hydrogens is 316 g/mol. The minimum Gasteiger partial charge on any atom is -0.355 e.